The second-order valence-electron chi connectivity index (χ2n) is 5.65. The number of nitrogens with one attached hydrogen (secondary N) is 1. The fourth-order valence-electron chi connectivity index (χ4n) is 1.79. The number of benzene rings is 1. The predicted octanol–water partition coefficient (Wildman–Crippen LogP) is 3.29. The summed E-state index contributed by atoms with van der Waals surface area (Å²) in [6.07, 6.45) is 0.570. The summed E-state index contributed by atoms with van der Waals surface area (Å²) in [5.41, 5.74) is 7.13. The van der Waals surface area contributed by atoms with E-state index in [0.29, 0.717) is 6.54 Å². The van der Waals surface area contributed by atoms with Crippen molar-refractivity contribution in [1.82, 2.24) is 5.32 Å². The molecule has 3 N–H and O–H groups in total. The largest absolute Gasteiger partial charge is 0.444 e. The minimum atomic E-state index is -0.465. The van der Waals surface area contributed by atoms with Gasteiger partial charge in [-0.05, 0) is 44.9 Å². The lowest BCUT2D eigenvalue weighted by atomic mass is 9.96. The lowest BCUT2D eigenvalue weighted by molar-refractivity contribution is 0.0524. The van der Waals surface area contributed by atoms with E-state index in [0.717, 1.165) is 12.1 Å². The van der Waals surface area contributed by atoms with Crippen LogP contribution in [0, 0.1) is 0 Å². The van der Waals surface area contributed by atoms with Crippen LogP contribution in [0.5, 0.6) is 0 Å². The number of hydrogen-bond acceptors (Lipinski definition) is 3. The number of hydrogen-bond donors (Lipinski definition) is 2. The van der Waals surface area contributed by atoms with Crippen molar-refractivity contribution in [2.45, 2.75) is 45.6 Å². The molecule has 4 nitrogen and oxygen atoms in total. The molecule has 0 heterocycles. The summed E-state index contributed by atoms with van der Waals surface area (Å²) in [5.74, 6) is 0.271. The van der Waals surface area contributed by atoms with Gasteiger partial charge in [-0.1, -0.05) is 19.1 Å². The quantitative estimate of drug-likeness (QED) is 0.820. The molecule has 0 bridgehead atoms. The van der Waals surface area contributed by atoms with Gasteiger partial charge >= 0.3 is 6.09 Å². The summed E-state index contributed by atoms with van der Waals surface area (Å²) >= 11 is 0. The molecule has 19 heavy (non-hydrogen) atoms. The predicted molar refractivity (Wildman–Crippen MR) is 78.1 cm³/mol. The summed E-state index contributed by atoms with van der Waals surface area (Å²) in [5, 5.41) is 2.81. The number of alkyl carbamates (subject to hydrolysis) is 1. The molecular weight excluding hydrogens is 240 g/mol. The first-order chi connectivity index (χ1) is 8.81. The summed E-state index contributed by atoms with van der Waals surface area (Å²) in [7, 11) is 0. The van der Waals surface area contributed by atoms with Gasteiger partial charge in [0.05, 0.1) is 0 Å². The Bertz CT molecular complexity index is 407. The first kappa shape index (κ1) is 15.3. The number of ether oxygens (including phenoxy) is 1. The second kappa shape index (κ2) is 6.45. The van der Waals surface area contributed by atoms with Crippen LogP contribution in [0.4, 0.5) is 10.5 Å². The van der Waals surface area contributed by atoms with Crippen LogP contribution in [0.2, 0.25) is 0 Å². The van der Waals surface area contributed by atoms with Crippen molar-refractivity contribution in [1.29, 1.82) is 0 Å². The highest BCUT2D eigenvalue weighted by Gasteiger charge is 2.17. The number of nitrogens with two attached hydrogens (primary N) is 1. The maximum atomic E-state index is 11.6. The Morgan fingerprint density at radius 2 is 1.89 bits per heavy atom. The van der Waals surface area contributed by atoms with E-state index < -0.39 is 5.60 Å². The van der Waals surface area contributed by atoms with Crippen LogP contribution in [0.15, 0.2) is 24.3 Å². The van der Waals surface area contributed by atoms with Crippen molar-refractivity contribution in [2.24, 2.45) is 0 Å². The van der Waals surface area contributed by atoms with Gasteiger partial charge < -0.3 is 15.8 Å². The Labute approximate surface area is 115 Å². The average molecular weight is 264 g/mol. The van der Waals surface area contributed by atoms with Crippen molar-refractivity contribution in [3.8, 4) is 0 Å². The molecule has 1 rings (SSSR count). The maximum Gasteiger partial charge on any atom is 0.407 e. The van der Waals surface area contributed by atoms with Crippen LogP contribution in [-0.4, -0.2) is 18.2 Å². The zero-order chi connectivity index (χ0) is 14.5. The van der Waals surface area contributed by atoms with E-state index in [1.54, 1.807) is 0 Å². The molecule has 0 aliphatic rings. The molecule has 0 saturated carbocycles. The standard InChI is InChI=1S/C15H24N2O2/c1-5-11(12-6-8-13(16)9-7-12)10-17-14(18)19-15(2,3)4/h6-9,11H,5,10,16H2,1-4H3,(H,17,18). The molecule has 0 aromatic heterocycles. The molecule has 0 aliphatic heterocycles. The molecule has 1 amide bonds. The number of rotatable bonds is 4. The second-order valence-corrected chi connectivity index (χ2v) is 5.65. The normalized spacial score (nSPS) is 12.8. The van der Waals surface area contributed by atoms with E-state index in [-0.39, 0.29) is 12.0 Å². The van der Waals surface area contributed by atoms with Crippen LogP contribution < -0.4 is 11.1 Å². The van der Waals surface area contributed by atoms with E-state index in [9.17, 15) is 4.79 Å². The van der Waals surface area contributed by atoms with E-state index in [1.807, 2.05) is 45.0 Å². The molecule has 0 saturated heterocycles. The highest BCUT2D eigenvalue weighted by atomic mass is 16.6. The molecule has 0 radical (unpaired) electrons. The molecule has 106 valence electrons. The van der Waals surface area contributed by atoms with Crippen LogP contribution in [0.1, 0.15) is 45.6 Å². The van der Waals surface area contributed by atoms with Crippen molar-refractivity contribution < 1.29 is 9.53 Å². The molecule has 0 aliphatic carbocycles. The number of carbonyl (C=O) groups excluding carboxylic acids is 1. The van der Waals surface area contributed by atoms with Gasteiger partial charge in [0.15, 0.2) is 0 Å². The van der Waals surface area contributed by atoms with Crippen LogP contribution in [-0.2, 0) is 4.74 Å². The Balaban J connectivity index is 2.54. The Hall–Kier alpha value is -1.71. The van der Waals surface area contributed by atoms with E-state index >= 15 is 0 Å². The molecular formula is C15H24N2O2. The SMILES string of the molecule is CCC(CNC(=O)OC(C)(C)C)c1ccc(N)cc1. The lowest BCUT2D eigenvalue weighted by Crippen LogP contribution is -2.34. The first-order valence-electron chi connectivity index (χ1n) is 6.64. The summed E-state index contributed by atoms with van der Waals surface area (Å²) in [4.78, 5) is 11.6. The monoisotopic (exact) mass is 264 g/mol. The Morgan fingerprint density at radius 3 is 2.37 bits per heavy atom. The van der Waals surface area contributed by atoms with Crippen LogP contribution in [0.25, 0.3) is 0 Å². The highest BCUT2D eigenvalue weighted by Crippen LogP contribution is 2.20. The molecule has 4 heteroatoms. The van der Waals surface area contributed by atoms with E-state index in [2.05, 4.69) is 12.2 Å². The van der Waals surface area contributed by atoms with Crippen LogP contribution >= 0.6 is 0 Å². The summed E-state index contributed by atoms with van der Waals surface area (Å²) < 4.78 is 5.22. The van der Waals surface area contributed by atoms with Gasteiger partial charge in [0, 0.05) is 18.2 Å². The topological polar surface area (TPSA) is 64.3 Å². The number of carbonyl (C=O) groups is 1. The van der Waals surface area contributed by atoms with Gasteiger partial charge in [0.2, 0.25) is 0 Å². The molecule has 1 aromatic rings. The number of nitrogen functional groups attached to an aromatic ring is 1. The van der Waals surface area contributed by atoms with Crippen molar-refractivity contribution in [2.75, 3.05) is 12.3 Å². The Kier molecular flexibility index (Phi) is 5.21. The highest BCUT2D eigenvalue weighted by molar-refractivity contribution is 5.67. The third-order valence-corrected chi connectivity index (χ3v) is 2.79. The lowest BCUT2D eigenvalue weighted by Gasteiger charge is -2.21. The fraction of sp³-hybridized carbons (Fsp3) is 0.533. The average Bonchev–Trinajstić information content (AvgIpc) is 2.29. The minimum Gasteiger partial charge on any atom is -0.444 e. The van der Waals surface area contributed by atoms with Crippen molar-refractivity contribution in [3.63, 3.8) is 0 Å². The van der Waals surface area contributed by atoms with Gasteiger partial charge in [-0.15, -0.1) is 0 Å². The van der Waals surface area contributed by atoms with Crippen molar-refractivity contribution in [3.05, 3.63) is 29.8 Å². The third kappa shape index (κ3) is 5.64. The number of anilines is 1. The molecule has 1 aromatic carbocycles. The molecule has 0 fully saturated rings. The summed E-state index contributed by atoms with van der Waals surface area (Å²) in [6, 6.07) is 7.76. The third-order valence-electron chi connectivity index (χ3n) is 2.79. The van der Waals surface area contributed by atoms with Crippen LogP contribution in [0.3, 0.4) is 0 Å². The fourth-order valence-corrected chi connectivity index (χ4v) is 1.79. The maximum absolute atomic E-state index is 11.6. The Morgan fingerprint density at radius 1 is 1.32 bits per heavy atom. The smallest absolute Gasteiger partial charge is 0.407 e. The zero-order valence-electron chi connectivity index (χ0n) is 12.2. The first-order valence-corrected chi connectivity index (χ1v) is 6.64. The molecule has 1 atom stereocenters. The van der Waals surface area contributed by atoms with Gasteiger partial charge in [-0.25, -0.2) is 4.79 Å². The van der Waals surface area contributed by atoms with E-state index in [4.69, 9.17) is 10.5 Å². The van der Waals surface area contributed by atoms with Gasteiger partial charge in [0.1, 0.15) is 5.60 Å². The van der Waals surface area contributed by atoms with E-state index in [1.165, 1.54) is 5.56 Å². The van der Waals surface area contributed by atoms with Gasteiger partial charge in [-0.2, -0.15) is 0 Å². The molecule has 0 spiro atoms. The summed E-state index contributed by atoms with van der Waals surface area (Å²) in [6.45, 7) is 8.21. The minimum absolute atomic E-state index is 0.271. The number of amides is 1. The molecule has 1 unspecified atom stereocenters. The van der Waals surface area contributed by atoms with Gasteiger partial charge in [0.25, 0.3) is 0 Å². The van der Waals surface area contributed by atoms with Gasteiger partial charge in [-0.3, -0.25) is 0 Å². The zero-order valence-corrected chi connectivity index (χ0v) is 12.2. The van der Waals surface area contributed by atoms with Crippen molar-refractivity contribution >= 4 is 11.8 Å².